The Kier molecular flexibility index (Phi) is 4.38. The Hall–Kier alpha value is -2.25. The molecule has 0 saturated carbocycles. The van der Waals surface area contributed by atoms with Crippen molar-refractivity contribution < 1.29 is 12.8 Å². The number of halogens is 1. The predicted molar refractivity (Wildman–Crippen MR) is 90.6 cm³/mol. The van der Waals surface area contributed by atoms with Gasteiger partial charge in [-0.05, 0) is 42.0 Å². The number of benzene rings is 2. The summed E-state index contributed by atoms with van der Waals surface area (Å²) in [5, 5.41) is 0. The molecule has 0 unspecified atom stereocenters. The molecule has 3 aromatic rings. The van der Waals surface area contributed by atoms with Gasteiger partial charge in [0.15, 0.2) is 0 Å². The van der Waals surface area contributed by atoms with Gasteiger partial charge < -0.3 is 4.98 Å². The molecule has 0 spiro atoms. The highest BCUT2D eigenvalue weighted by Gasteiger charge is 2.14. The number of sulfonamides is 1. The monoisotopic (exact) mass is 347 g/mol. The number of rotatable bonds is 5. The summed E-state index contributed by atoms with van der Waals surface area (Å²) in [7, 11) is -3.68. The number of aromatic nitrogens is 2. The Morgan fingerprint density at radius 3 is 2.54 bits per heavy atom. The van der Waals surface area contributed by atoms with Gasteiger partial charge in [0.05, 0.1) is 15.9 Å². The molecular formula is C17H18FN3O2S. The van der Waals surface area contributed by atoms with E-state index in [2.05, 4.69) is 28.5 Å². The van der Waals surface area contributed by atoms with Crippen molar-refractivity contribution in [1.82, 2.24) is 14.7 Å². The zero-order valence-corrected chi connectivity index (χ0v) is 14.2. The summed E-state index contributed by atoms with van der Waals surface area (Å²) < 4.78 is 39.9. The van der Waals surface area contributed by atoms with Crippen molar-refractivity contribution in [2.75, 3.05) is 0 Å². The number of nitrogens with one attached hydrogen (secondary N) is 2. The molecule has 24 heavy (non-hydrogen) atoms. The lowest BCUT2D eigenvalue weighted by atomic mass is 10.2. The molecule has 0 fully saturated rings. The predicted octanol–water partition coefficient (Wildman–Crippen LogP) is 3.30. The van der Waals surface area contributed by atoms with Crippen LogP contribution >= 0.6 is 0 Å². The minimum absolute atomic E-state index is 0.0358. The lowest BCUT2D eigenvalue weighted by Gasteiger charge is -2.07. The molecule has 0 amide bonds. The average molecular weight is 347 g/mol. The minimum Gasteiger partial charge on any atom is -0.342 e. The zero-order valence-electron chi connectivity index (χ0n) is 13.4. The molecule has 0 aliphatic carbocycles. The van der Waals surface area contributed by atoms with Gasteiger partial charge in [0, 0.05) is 12.5 Å². The number of hydrogen-bond acceptors (Lipinski definition) is 3. The maximum absolute atomic E-state index is 12.9. The summed E-state index contributed by atoms with van der Waals surface area (Å²) in [6.45, 7) is 4.25. The third-order valence-electron chi connectivity index (χ3n) is 3.70. The van der Waals surface area contributed by atoms with Gasteiger partial charge in [0.2, 0.25) is 10.0 Å². The minimum atomic E-state index is -3.68. The number of H-pyrrole nitrogens is 1. The van der Waals surface area contributed by atoms with Crippen LogP contribution in [0.15, 0.2) is 47.4 Å². The van der Waals surface area contributed by atoms with E-state index in [0.29, 0.717) is 0 Å². The first-order valence-electron chi connectivity index (χ1n) is 7.59. The molecule has 2 N–H and O–H groups in total. The van der Waals surface area contributed by atoms with Gasteiger partial charge in [-0.15, -0.1) is 0 Å². The van der Waals surface area contributed by atoms with Gasteiger partial charge in [-0.1, -0.05) is 19.9 Å². The second-order valence-electron chi connectivity index (χ2n) is 5.91. The quantitative estimate of drug-likeness (QED) is 0.743. The Labute approximate surface area is 140 Å². The number of nitrogens with zero attached hydrogens (tertiary/aromatic N) is 1. The normalized spacial score (nSPS) is 12.2. The molecule has 0 saturated heterocycles. The Bertz CT molecular complexity index is 963. The van der Waals surface area contributed by atoms with Crippen LogP contribution in [0.3, 0.4) is 0 Å². The first-order chi connectivity index (χ1) is 11.3. The van der Waals surface area contributed by atoms with E-state index in [-0.39, 0.29) is 17.4 Å². The first kappa shape index (κ1) is 16.6. The van der Waals surface area contributed by atoms with E-state index < -0.39 is 15.8 Å². The fourth-order valence-electron chi connectivity index (χ4n) is 2.34. The second-order valence-corrected chi connectivity index (χ2v) is 7.67. The van der Waals surface area contributed by atoms with Crippen molar-refractivity contribution in [3.63, 3.8) is 0 Å². The number of aromatic amines is 1. The maximum atomic E-state index is 12.9. The third kappa shape index (κ3) is 3.47. The van der Waals surface area contributed by atoms with E-state index in [9.17, 15) is 12.8 Å². The van der Waals surface area contributed by atoms with Crippen LogP contribution in [0.4, 0.5) is 4.39 Å². The van der Waals surface area contributed by atoms with E-state index in [0.717, 1.165) is 34.6 Å². The second kappa shape index (κ2) is 6.33. The molecule has 0 bridgehead atoms. The fraction of sp³-hybridized carbons (Fsp3) is 0.235. The Morgan fingerprint density at radius 1 is 1.17 bits per heavy atom. The van der Waals surface area contributed by atoms with Crippen molar-refractivity contribution >= 4 is 21.1 Å². The van der Waals surface area contributed by atoms with Crippen molar-refractivity contribution in [2.45, 2.75) is 31.2 Å². The number of hydrogen-bond donors (Lipinski definition) is 2. The van der Waals surface area contributed by atoms with Crippen LogP contribution in [0.2, 0.25) is 0 Å². The van der Waals surface area contributed by atoms with Crippen molar-refractivity contribution in [3.05, 3.63) is 59.7 Å². The highest BCUT2D eigenvalue weighted by molar-refractivity contribution is 7.89. The zero-order chi connectivity index (χ0) is 17.3. The molecular weight excluding hydrogens is 329 g/mol. The highest BCUT2D eigenvalue weighted by atomic mass is 32.2. The van der Waals surface area contributed by atoms with Crippen LogP contribution < -0.4 is 4.72 Å². The van der Waals surface area contributed by atoms with Gasteiger partial charge in [-0.2, -0.15) is 0 Å². The van der Waals surface area contributed by atoms with E-state index in [4.69, 9.17) is 0 Å². The summed E-state index contributed by atoms with van der Waals surface area (Å²) in [5.74, 6) is 0.714. The van der Waals surface area contributed by atoms with Crippen LogP contribution in [-0.4, -0.2) is 18.4 Å². The van der Waals surface area contributed by atoms with E-state index in [1.165, 1.54) is 12.1 Å². The number of fused-ring (bicyclic) bond motifs is 1. The van der Waals surface area contributed by atoms with Crippen LogP contribution in [0.1, 0.15) is 31.2 Å². The molecule has 0 aliphatic heterocycles. The molecule has 1 heterocycles. The average Bonchev–Trinajstić information content (AvgIpc) is 2.97. The van der Waals surface area contributed by atoms with Gasteiger partial charge in [-0.25, -0.2) is 22.5 Å². The smallest absolute Gasteiger partial charge is 0.240 e. The lowest BCUT2D eigenvalue weighted by Crippen LogP contribution is -2.23. The SMILES string of the molecule is CC(C)c1nc2ccc(CNS(=O)(=O)c3ccc(F)cc3)cc2[nH]1. The largest absolute Gasteiger partial charge is 0.342 e. The van der Waals surface area contributed by atoms with Crippen LogP contribution in [0, 0.1) is 5.82 Å². The summed E-state index contributed by atoms with van der Waals surface area (Å²) in [4.78, 5) is 7.76. The van der Waals surface area contributed by atoms with Gasteiger partial charge in [0.25, 0.3) is 0 Å². The topological polar surface area (TPSA) is 74.8 Å². The Morgan fingerprint density at radius 2 is 1.88 bits per heavy atom. The van der Waals surface area contributed by atoms with Crippen LogP contribution in [0.5, 0.6) is 0 Å². The first-order valence-corrected chi connectivity index (χ1v) is 9.07. The molecule has 3 rings (SSSR count). The summed E-state index contributed by atoms with van der Waals surface area (Å²) in [5.41, 5.74) is 2.54. The maximum Gasteiger partial charge on any atom is 0.240 e. The van der Waals surface area contributed by atoms with Gasteiger partial charge in [-0.3, -0.25) is 0 Å². The highest BCUT2D eigenvalue weighted by Crippen LogP contribution is 2.19. The van der Waals surface area contributed by atoms with Crippen molar-refractivity contribution in [2.24, 2.45) is 0 Å². The van der Waals surface area contributed by atoms with Gasteiger partial charge in [0.1, 0.15) is 11.6 Å². The molecule has 0 atom stereocenters. The standard InChI is InChI=1S/C17H18FN3O2S/c1-11(2)17-20-15-8-3-12(9-16(15)21-17)10-19-24(22,23)14-6-4-13(18)5-7-14/h3-9,11,19H,10H2,1-2H3,(H,20,21). The summed E-state index contributed by atoms with van der Waals surface area (Å²) in [6.07, 6.45) is 0. The molecule has 0 aliphatic rings. The van der Waals surface area contributed by atoms with Gasteiger partial charge >= 0.3 is 0 Å². The Balaban J connectivity index is 1.78. The number of imidazole rings is 1. The third-order valence-corrected chi connectivity index (χ3v) is 5.12. The van der Waals surface area contributed by atoms with Crippen LogP contribution in [-0.2, 0) is 16.6 Å². The van der Waals surface area contributed by atoms with E-state index in [1.54, 1.807) is 0 Å². The molecule has 0 radical (unpaired) electrons. The summed E-state index contributed by atoms with van der Waals surface area (Å²) >= 11 is 0. The van der Waals surface area contributed by atoms with Crippen molar-refractivity contribution in [3.8, 4) is 0 Å². The molecule has 1 aromatic heterocycles. The van der Waals surface area contributed by atoms with Crippen LogP contribution in [0.25, 0.3) is 11.0 Å². The lowest BCUT2D eigenvalue weighted by molar-refractivity contribution is 0.580. The molecule has 2 aromatic carbocycles. The molecule has 7 heteroatoms. The summed E-state index contributed by atoms with van der Waals surface area (Å²) in [6, 6.07) is 10.3. The van der Waals surface area contributed by atoms with E-state index in [1.807, 2.05) is 18.2 Å². The van der Waals surface area contributed by atoms with E-state index >= 15 is 0 Å². The fourth-order valence-corrected chi connectivity index (χ4v) is 3.35. The molecule has 126 valence electrons. The molecule has 5 nitrogen and oxygen atoms in total. The van der Waals surface area contributed by atoms with Crippen molar-refractivity contribution in [1.29, 1.82) is 0 Å².